The number of non-ortho nitro benzene ring substituents is 1. The van der Waals surface area contributed by atoms with Gasteiger partial charge in [0.2, 0.25) is 0 Å². The number of esters is 1. The number of hydrogen-bond donors (Lipinski definition) is 0. The summed E-state index contributed by atoms with van der Waals surface area (Å²) in [7, 11) is 0. The van der Waals surface area contributed by atoms with Crippen LogP contribution in [0.25, 0.3) is 10.9 Å². The Labute approximate surface area is 148 Å². The topological polar surface area (TPSA) is 104 Å². The van der Waals surface area contributed by atoms with E-state index in [0.717, 1.165) is 10.2 Å². The van der Waals surface area contributed by atoms with E-state index in [-0.39, 0.29) is 23.4 Å². The van der Waals surface area contributed by atoms with Gasteiger partial charge < -0.3 is 4.74 Å². The Kier molecular flexibility index (Phi) is 4.49. The number of nitrogens with zero attached hydrogens (tertiary/aromatic N) is 3. The molecule has 0 saturated carbocycles. The van der Waals surface area contributed by atoms with Crippen LogP contribution in [0.1, 0.15) is 33.3 Å². The van der Waals surface area contributed by atoms with E-state index in [2.05, 4.69) is 5.10 Å². The maximum Gasteiger partial charge on any atom is 0.359 e. The van der Waals surface area contributed by atoms with Crippen molar-refractivity contribution < 1.29 is 19.2 Å². The van der Waals surface area contributed by atoms with E-state index in [1.54, 1.807) is 25.1 Å². The molecular formula is C18H15N3O5. The maximum atomic E-state index is 12.8. The quantitative estimate of drug-likeness (QED) is 0.405. The third-order valence-electron chi connectivity index (χ3n) is 3.80. The maximum absolute atomic E-state index is 12.8. The molecule has 8 heteroatoms. The molecular weight excluding hydrogens is 338 g/mol. The Balaban J connectivity index is 2.21. The fraction of sp³-hybridized carbons (Fsp3) is 0.167. The van der Waals surface area contributed by atoms with Gasteiger partial charge in [-0.25, -0.2) is 4.79 Å². The molecule has 0 fully saturated rings. The van der Waals surface area contributed by atoms with Crippen LogP contribution in [0.4, 0.5) is 5.69 Å². The molecule has 0 unspecified atom stereocenters. The lowest BCUT2D eigenvalue weighted by atomic mass is 10.1. The van der Waals surface area contributed by atoms with Crippen molar-refractivity contribution in [2.75, 3.05) is 6.61 Å². The van der Waals surface area contributed by atoms with Gasteiger partial charge in [0.1, 0.15) is 0 Å². The second-order valence-corrected chi connectivity index (χ2v) is 5.61. The molecule has 2 aromatic carbocycles. The fourth-order valence-corrected chi connectivity index (χ4v) is 2.63. The third kappa shape index (κ3) is 3.04. The van der Waals surface area contributed by atoms with E-state index in [9.17, 15) is 19.7 Å². The molecule has 1 heterocycles. The first-order valence-electron chi connectivity index (χ1n) is 7.88. The van der Waals surface area contributed by atoms with Crippen LogP contribution < -0.4 is 0 Å². The van der Waals surface area contributed by atoms with Crippen molar-refractivity contribution in [1.82, 2.24) is 9.78 Å². The zero-order valence-corrected chi connectivity index (χ0v) is 14.1. The lowest BCUT2D eigenvalue weighted by Crippen LogP contribution is -2.15. The Hall–Kier alpha value is -3.55. The summed E-state index contributed by atoms with van der Waals surface area (Å²) in [5.74, 6) is -1.18. The predicted octanol–water partition coefficient (Wildman–Crippen LogP) is 3.12. The summed E-state index contributed by atoms with van der Waals surface area (Å²) in [6, 6.07) is 10.8. The van der Waals surface area contributed by atoms with Gasteiger partial charge in [-0.15, -0.1) is 0 Å². The number of ether oxygens (including phenoxy) is 1. The Morgan fingerprint density at radius 3 is 2.65 bits per heavy atom. The standard InChI is InChI=1S/C18H15N3O5/c1-3-26-18(23)16-14-10-13(21(24)25)7-8-15(14)20(19-16)17(22)12-6-4-5-11(2)9-12/h4-10H,3H2,1-2H3. The second kappa shape index (κ2) is 6.75. The van der Waals surface area contributed by atoms with Gasteiger partial charge >= 0.3 is 5.97 Å². The lowest BCUT2D eigenvalue weighted by molar-refractivity contribution is -0.384. The van der Waals surface area contributed by atoms with Crippen LogP contribution in [-0.2, 0) is 4.74 Å². The summed E-state index contributed by atoms with van der Waals surface area (Å²) < 4.78 is 6.03. The highest BCUT2D eigenvalue weighted by Gasteiger charge is 2.24. The molecule has 0 aliphatic carbocycles. The van der Waals surface area contributed by atoms with Gasteiger partial charge in [-0.2, -0.15) is 9.78 Å². The van der Waals surface area contributed by atoms with E-state index in [0.29, 0.717) is 11.1 Å². The molecule has 0 saturated heterocycles. The Morgan fingerprint density at radius 2 is 2.00 bits per heavy atom. The van der Waals surface area contributed by atoms with E-state index in [4.69, 9.17) is 4.74 Å². The first-order valence-corrected chi connectivity index (χ1v) is 7.88. The summed E-state index contributed by atoms with van der Waals surface area (Å²) in [6.45, 7) is 3.61. The minimum Gasteiger partial charge on any atom is -0.461 e. The average molecular weight is 353 g/mol. The average Bonchev–Trinajstić information content (AvgIpc) is 3.00. The molecule has 0 bridgehead atoms. The molecule has 8 nitrogen and oxygen atoms in total. The van der Waals surface area contributed by atoms with Gasteiger partial charge in [0, 0.05) is 23.1 Å². The van der Waals surface area contributed by atoms with Gasteiger partial charge in [-0.05, 0) is 32.0 Å². The smallest absolute Gasteiger partial charge is 0.359 e. The zero-order valence-electron chi connectivity index (χ0n) is 14.1. The number of nitro groups is 1. The largest absolute Gasteiger partial charge is 0.461 e. The predicted molar refractivity (Wildman–Crippen MR) is 93.3 cm³/mol. The summed E-state index contributed by atoms with van der Waals surface area (Å²) in [4.78, 5) is 35.5. The molecule has 3 rings (SSSR count). The van der Waals surface area contributed by atoms with Crippen LogP contribution in [0.5, 0.6) is 0 Å². The molecule has 26 heavy (non-hydrogen) atoms. The molecule has 0 atom stereocenters. The van der Waals surface area contributed by atoms with Gasteiger partial charge in [-0.3, -0.25) is 14.9 Å². The number of aryl methyl sites for hydroxylation is 1. The third-order valence-corrected chi connectivity index (χ3v) is 3.80. The van der Waals surface area contributed by atoms with Crippen LogP contribution in [0.3, 0.4) is 0 Å². The van der Waals surface area contributed by atoms with Crippen molar-refractivity contribution in [1.29, 1.82) is 0 Å². The molecule has 3 aromatic rings. The van der Waals surface area contributed by atoms with Crippen molar-refractivity contribution >= 4 is 28.5 Å². The summed E-state index contributed by atoms with van der Waals surface area (Å²) in [6.07, 6.45) is 0. The normalized spacial score (nSPS) is 10.7. The van der Waals surface area contributed by atoms with Gasteiger partial charge in [0.15, 0.2) is 5.69 Å². The van der Waals surface area contributed by atoms with Crippen molar-refractivity contribution in [3.8, 4) is 0 Å². The Bertz CT molecular complexity index is 1040. The van der Waals surface area contributed by atoms with Crippen LogP contribution in [0.2, 0.25) is 0 Å². The number of carbonyl (C=O) groups excluding carboxylic acids is 2. The number of fused-ring (bicyclic) bond motifs is 1. The number of nitro benzene ring substituents is 1. The van der Waals surface area contributed by atoms with Gasteiger partial charge in [0.25, 0.3) is 11.6 Å². The fourth-order valence-electron chi connectivity index (χ4n) is 2.63. The van der Waals surface area contributed by atoms with Gasteiger partial charge in [0.05, 0.1) is 17.0 Å². The van der Waals surface area contributed by atoms with Crippen molar-refractivity contribution in [2.45, 2.75) is 13.8 Å². The minimum absolute atomic E-state index is 0.119. The number of rotatable bonds is 4. The van der Waals surface area contributed by atoms with E-state index >= 15 is 0 Å². The summed E-state index contributed by atoms with van der Waals surface area (Å²) in [5, 5.41) is 15.3. The number of hydrogen-bond acceptors (Lipinski definition) is 6. The highest BCUT2D eigenvalue weighted by atomic mass is 16.6. The molecule has 0 radical (unpaired) electrons. The highest BCUT2D eigenvalue weighted by Crippen LogP contribution is 2.25. The monoisotopic (exact) mass is 353 g/mol. The summed E-state index contributed by atoms with van der Waals surface area (Å²) in [5.41, 5.74) is 1.25. The lowest BCUT2D eigenvalue weighted by Gasteiger charge is -2.03. The number of benzene rings is 2. The number of aromatic nitrogens is 2. The van der Waals surface area contributed by atoms with Crippen LogP contribution in [-0.4, -0.2) is 33.2 Å². The molecule has 0 aliphatic rings. The second-order valence-electron chi connectivity index (χ2n) is 5.61. The zero-order chi connectivity index (χ0) is 18.8. The molecule has 0 N–H and O–H groups in total. The van der Waals surface area contributed by atoms with Crippen molar-refractivity contribution in [2.24, 2.45) is 0 Å². The molecule has 0 amide bonds. The van der Waals surface area contributed by atoms with Crippen molar-refractivity contribution in [3.63, 3.8) is 0 Å². The SMILES string of the molecule is CCOC(=O)c1nn(C(=O)c2cccc(C)c2)c2ccc([N+](=O)[O-])cc12. The van der Waals surface area contributed by atoms with E-state index < -0.39 is 16.8 Å². The van der Waals surface area contributed by atoms with Crippen LogP contribution >= 0.6 is 0 Å². The Morgan fingerprint density at radius 1 is 1.23 bits per heavy atom. The van der Waals surface area contributed by atoms with Crippen LogP contribution in [0.15, 0.2) is 42.5 Å². The number of carbonyl (C=O) groups is 2. The first-order chi connectivity index (χ1) is 12.4. The van der Waals surface area contributed by atoms with Gasteiger partial charge in [-0.1, -0.05) is 17.7 Å². The van der Waals surface area contributed by atoms with Crippen molar-refractivity contribution in [3.05, 3.63) is 69.4 Å². The molecule has 0 aliphatic heterocycles. The molecule has 0 spiro atoms. The van der Waals surface area contributed by atoms with Crippen LogP contribution in [0, 0.1) is 17.0 Å². The summed E-state index contributed by atoms with van der Waals surface area (Å²) >= 11 is 0. The molecule has 132 valence electrons. The molecule has 1 aromatic heterocycles. The first kappa shape index (κ1) is 17.3. The van der Waals surface area contributed by atoms with E-state index in [1.165, 1.54) is 18.2 Å². The highest BCUT2D eigenvalue weighted by molar-refractivity contribution is 6.08. The van der Waals surface area contributed by atoms with E-state index in [1.807, 2.05) is 13.0 Å². The minimum atomic E-state index is -0.742.